The van der Waals surface area contributed by atoms with E-state index in [1.165, 1.54) is 4.90 Å². The molecule has 3 rings (SSSR count). The monoisotopic (exact) mass is 335 g/mol. The summed E-state index contributed by atoms with van der Waals surface area (Å²) in [5.41, 5.74) is 1.78. The number of aliphatic hydroxyl groups is 1. The first-order valence-corrected chi connectivity index (χ1v) is 7.73. The zero-order chi connectivity index (χ0) is 17.6. The van der Waals surface area contributed by atoms with Gasteiger partial charge in [-0.2, -0.15) is 5.10 Å². The van der Waals surface area contributed by atoms with Gasteiger partial charge in [-0.15, -0.1) is 0 Å². The SMILES string of the molecule is Cc1nn(C)c(C)c1C(=O)N1CC(O)CC1c1cc(F)ccc1F. The standard InChI is InChI=1S/C17H19F2N3O2/c1-9-16(10(2)21(3)20-9)17(24)22-8-12(23)7-15(22)13-6-11(18)4-5-14(13)19/h4-6,12,15,23H,7-8H2,1-3H3. The summed E-state index contributed by atoms with van der Waals surface area (Å²) in [6, 6.07) is 2.45. The molecule has 1 aromatic carbocycles. The first kappa shape index (κ1) is 16.6. The van der Waals surface area contributed by atoms with Crippen LogP contribution in [0, 0.1) is 25.5 Å². The van der Waals surface area contributed by atoms with Crippen molar-refractivity contribution in [3.8, 4) is 0 Å². The lowest BCUT2D eigenvalue weighted by atomic mass is 10.0. The zero-order valence-electron chi connectivity index (χ0n) is 13.8. The van der Waals surface area contributed by atoms with Gasteiger partial charge in [0.15, 0.2) is 0 Å². The van der Waals surface area contributed by atoms with Crippen LogP contribution in [0.2, 0.25) is 0 Å². The fourth-order valence-corrected chi connectivity index (χ4v) is 3.33. The summed E-state index contributed by atoms with van der Waals surface area (Å²) in [6.07, 6.45) is -0.608. The number of hydrogen-bond acceptors (Lipinski definition) is 3. The Morgan fingerprint density at radius 2 is 2.04 bits per heavy atom. The molecule has 7 heteroatoms. The van der Waals surface area contributed by atoms with Gasteiger partial charge in [0.05, 0.1) is 23.4 Å². The third kappa shape index (κ3) is 2.69. The molecule has 2 heterocycles. The van der Waals surface area contributed by atoms with Crippen molar-refractivity contribution in [3.63, 3.8) is 0 Å². The fraction of sp³-hybridized carbons (Fsp3) is 0.412. The predicted octanol–water partition coefficient (Wildman–Crippen LogP) is 2.26. The normalized spacial score (nSPS) is 20.7. The van der Waals surface area contributed by atoms with E-state index in [0.717, 1.165) is 18.2 Å². The highest BCUT2D eigenvalue weighted by Gasteiger charge is 2.38. The smallest absolute Gasteiger partial charge is 0.258 e. The average molecular weight is 335 g/mol. The Bertz CT molecular complexity index is 803. The Hall–Kier alpha value is -2.28. The molecule has 1 fully saturated rings. The molecule has 0 spiro atoms. The van der Waals surface area contributed by atoms with Crippen molar-refractivity contribution >= 4 is 5.91 Å². The maximum atomic E-state index is 14.1. The van der Waals surface area contributed by atoms with E-state index in [4.69, 9.17) is 0 Å². The van der Waals surface area contributed by atoms with Crippen LogP contribution in [0.1, 0.15) is 39.8 Å². The topological polar surface area (TPSA) is 58.4 Å². The lowest BCUT2D eigenvalue weighted by Gasteiger charge is -2.25. The number of likely N-dealkylation sites (tertiary alicyclic amines) is 1. The highest BCUT2D eigenvalue weighted by molar-refractivity contribution is 5.97. The molecule has 2 atom stereocenters. The van der Waals surface area contributed by atoms with Crippen molar-refractivity contribution in [1.29, 1.82) is 0 Å². The van der Waals surface area contributed by atoms with E-state index in [-0.39, 0.29) is 24.4 Å². The number of amides is 1. The van der Waals surface area contributed by atoms with Crippen LogP contribution < -0.4 is 0 Å². The first-order valence-electron chi connectivity index (χ1n) is 7.73. The molecule has 0 radical (unpaired) electrons. The van der Waals surface area contributed by atoms with Gasteiger partial charge in [-0.05, 0) is 38.5 Å². The number of aryl methyl sites for hydroxylation is 2. The Labute approximate surface area is 138 Å². The number of carbonyl (C=O) groups excluding carboxylic acids is 1. The number of halogens is 2. The Morgan fingerprint density at radius 1 is 1.33 bits per heavy atom. The van der Waals surface area contributed by atoms with Gasteiger partial charge in [-0.25, -0.2) is 8.78 Å². The maximum absolute atomic E-state index is 14.1. The molecule has 1 aliphatic heterocycles. The lowest BCUT2D eigenvalue weighted by molar-refractivity contribution is 0.0712. The second-order valence-electron chi connectivity index (χ2n) is 6.20. The quantitative estimate of drug-likeness (QED) is 0.916. The summed E-state index contributed by atoms with van der Waals surface area (Å²) < 4.78 is 29.3. The second-order valence-corrected chi connectivity index (χ2v) is 6.20. The number of carbonyl (C=O) groups is 1. The van der Waals surface area contributed by atoms with Crippen LogP contribution >= 0.6 is 0 Å². The van der Waals surface area contributed by atoms with Crippen molar-refractivity contribution in [3.05, 3.63) is 52.3 Å². The number of aromatic nitrogens is 2. The third-order valence-electron chi connectivity index (χ3n) is 4.58. The van der Waals surface area contributed by atoms with Gasteiger partial charge in [-0.3, -0.25) is 9.48 Å². The van der Waals surface area contributed by atoms with Crippen molar-refractivity contribution in [2.45, 2.75) is 32.4 Å². The lowest BCUT2D eigenvalue weighted by Crippen LogP contribution is -2.33. The summed E-state index contributed by atoms with van der Waals surface area (Å²) >= 11 is 0. The van der Waals surface area contributed by atoms with Crippen LogP contribution in [0.4, 0.5) is 8.78 Å². The minimum atomic E-state index is -0.779. The molecule has 2 aromatic rings. The van der Waals surface area contributed by atoms with E-state index < -0.39 is 23.8 Å². The molecule has 1 amide bonds. The minimum Gasteiger partial charge on any atom is -0.391 e. The first-order chi connectivity index (χ1) is 11.3. The number of nitrogens with zero attached hydrogens (tertiary/aromatic N) is 3. The van der Waals surface area contributed by atoms with Crippen molar-refractivity contribution in [2.75, 3.05) is 6.54 Å². The molecular weight excluding hydrogens is 316 g/mol. The van der Waals surface area contributed by atoms with Gasteiger partial charge in [-0.1, -0.05) is 0 Å². The van der Waals surface area contributed by atoms with Gasteiger partial charge < -0.3 is 10.0 Å². The molecule has 5 nitrogen and oxygen atoms in total. The average Bonchev–Trinajstić information content (AvgIpc) is 3.02. The number of β-amino-alcohol motifs (C(OH)–C–C–N with tert-alkyl or cyclic N) is 1. The van der Waals surface area contributed by atoms with Gasteiger partial charge in [0, 0.05) is 24.8 Å². The largest absolute Gasteiger partial charge is 0.391 e. The number of rotatable bonds is 2. The molecule has 0 saturated carbocycles. The number of aliphatic hydroxyl groups excluding tert-OH is 1. The van der Waals surface area contributed by atoms with Gasteiger partial charge in [0.1, 0.15) is 11.6 Å². The van der Waals surface area contributed by atoms with Crippen LogP contribution in [0.15, 0.2) is 18.2 Å². The van der Waals surface area contributed by atoms with Crippen molar-refractivity contribution in [1.82, 2.24) is 14.7 Å². The molecule has 1 N–H and O–H groups in total. The Balaban J connectivity index is 2.02. The van der Waals surface area contributed by atoms with E-state index >= 15 is 0 Å². The summed E-state index contributed by atoms with van der Waals surface area (Å²) in [5, 5.41) is 14.2. The fourth-order valence-electron chi connectivity index (χ4n) is 3.33. The van der Waals surface area contributed by atoms with Gasteiger partial charge in [0.2, 0.25) is 0 Å². The van der Waals surface area contributed by atoms with E-state index in [2.05, 4.69) is 5.10 Å². The number of benzene rings is 1. The van der Waals surface area contributed by atoms with Crippen LogP contribution in [0.5, 0.6) is 0 Å². The van der Waals surface area contributed by atoms with Crippen LogP contribution in [-0.2, 0) is 7.05 Å². The van der Waals surface area contributed by atoms with Crippen LogP contribution in [0.3, 0.4) is 0 Å². The van der Waals surface area contributed by atoms with E-state index in [9.17, 15) is 18.7 Å². The molecule has 1 aromatic heterocycles. The molecule has 1 saturated heterocycles. The molecule has 0 bridgehead atoms. The second kappa shape index (κ2) is 5.98. The predicted molar refractivity (Wildman–Crippen MR) is 83.4 cm³/mol. The minimum absolute atomic E-state index is 0.0766. The number of hydrogen-bond donors (Lipinski definition) is 1. The molecule has 128 valence electrons. The Morgan fingerprint density at radius 3 is 2.67 bits per heavy atom. The van der Waals surface area contributed by atoms with Crippen molar-refractivity contribution in [2.24, 2.45) is 7.05 Å². The van der Waals surface area contributed by atoms with Crippen molar-refractivity contribution < 1.29 is 18.7 Å². The van der Waals surface area contributed by atoms with E-state index in [1.807, 2.05) is 0 Å². The molecule has 24 heavy (non-hydrogen) atoms. The van der Waals surface area contributed by atoms with E-state index in [0.29, 0.717) is 17.0 Å². The summed E-state index contributed by atoms with van der Waals surface area (Å²) in [6.45, 7) is 3.58. The maximum Gasteiger partial charge on any atom is 0.258 e. The third-order valence-corrected chi connectivity index (χ3v) is 4.58. The summed E-state index contributed by atoms with van der Waals surface area (Å²) in [4.78, 5) is 14.4. The highest BCUT2D eigenvalue weighted by atomic mass is 19.1. The summed E-state index contributed by atoms with van der Waals surface area (Å²) in [7, 11) is 1.74. The van der Waals surface area contributed by atoms with Crippen LogP contribution in [0.25, 0.3) is 0 Å². The zero-order valence-corrected chi connectivity index (χ0v) is 13.8. The van der Waals surface area contributed by atoms with Crippen LogP contribution in [-0.4, -0.2) is 38.3 Å². The van der Waals surface area contributed by atoms with E-state index in [1.54, 1.807) is 25.6 Å². The molecule has 0 aliphatic carbocycles. The molecular formula is C17H19F2N3O2. The van der Waals surface area contributed by atoms with Gasteiger partial charge >= 0.3 is 0 Å². The molecule has 2 unspecified atom stereocenters. The highest BCUT2D eigenvalue weighted by Crippen LogP contribution is 2.35. The Kier molecular flexibility index (Phi) is 4.13. The summed E-state index contributed by atoms with van der Waals surface area (Å²) in [5.74, 6) is -1.50. The molecule has 1 aliphatic rings. The van der Waals surface area contributed by atoms with Gasteiger partial charge in [0.25, 0.3) is 5.91 Å².